The number of carbonyl (C=O) groups excluding carboxylic acids is 1. The van der Waals surface area contributed by atoms with Crippen molar-refractivity contribution >= 4 is 17.5 Å². The van der Waals surface area contributed by atoms with Crippen LogP contribution in [0, 0.1) is 28.1 Å². The Morgan fingerprint density at radius 2 is 1.83 bits per heavy atom. The average molecular weight is 383 g/mol. The zero-order chi connectivity index (χ0) is 20.6. The maximum absolute atomic E-state index is 13.0. The van der Waals surface area contributed by atoms with Crippen LogP contribution in [-0.2, 0) is 4.79 Å². The highest BCUT2D eigenvalue weighted by Crippen LogP contribution is 2.56. The zero-order valence-corrected chi connectivity index (χ0v) is 16.4. The van der Waals surface area contributed by atoms with Crippen LogP contribution >= 0.6 is 0 Å². The highest BCUT2D eigenvalue weighted by molar-refractivity contribution is 5.91. The number of carbonyl (C=O) groups is 1. The van der Waals surface area contributed by atoms with Crippen LogP contribution in [0.5, 0.6) is 5.75 Å². The fraction of sp³-hybridized carbons (Fsp3) is 0.292. The van der Waals surface area contributed by atoms with E-state index in [1.54, 1.807) is 0 Å². The molecule has 2 aromatic carbocycles. The topological polar surface area (TPSA) is 77.1 Å². The Bertz CT molecular complexity index is 1060. The predicted molar refractivity (Wildman–Crippen MR) is 110 cm³/mol. The molecule has 1 fully saturated rings. The van der Waals surface area contributed by atoms with Gasteiger partial charge in [0.1, 0.15) is 5.75 Å². The molecule has 3 atom stereocenters. The molecule has 29 heavy (non-hydrogen) atoms. The van der Waals surface area contributed by atoms with Gasteiger partial charge in [0, 0.05) is 17.2 Å². The summed E-state index contributed by atoms with van der Waals surface area (Å²) in [6, 6.07) is 18.6. The van der Waals surface area contributed by atoms with Crippen molar-refractivity contribution in [1.82, 2.24) is 0 Å². The van der Waals surface area contributed by atoms with Crippen LogP contribution in [0.4, 0.5) is 5.69 Å². The van der Waals surface area contributed by atoms with E-state index in [4.69, 9.17) is 4.74 Å². The van der Waals surface area contributed by atoms with Gasteiger partial charge in [0.25, 0.3) is 0 Å². The quantitative estimate of drug-likeness (QED) is 0.795. The van der Waals surface area contributed by atoms with Gasteiger partial charge in [0.05, 0.1) is 30.8 Å². The Morgan fingerprint density at radius 1 is 1.14 bits per heavy atom. The molecule has 0 amide bonds. The lowest BCUT2D eigenvalue weighted by Crippen LogP contribution is -2.43. The van der Waals surface area contributed by atoms with Crippen LogP contribution in [0.2, 0.25) is 0 Å². The second-order valence-corrected chi connectivity index (χ2v) is 7.37. The lowest BCUT2D eigenvalue weighted by molar-refractivity contribution is -0.118. The second-order valence-electron chi connectivity index (χ2n) is 7.37. The molecule has 0 unspecified atom stereocenters. The number of hydrogen-bond donors (Lipinski definition) is 0. The monoisotopic (exact) mass is 383 g/mol. The Balaban J connectivity index is 2.00. The summed E-state index contributed by atoms with van der Waals surface area (Å²) >= 11 is 0. The van der Waals surface area contributed by atoms with Crippen LogP contribution in [0.25, 0.3) is 6.08 Å². The molecule has 0 spiro atoms. The minimum atomic E-state index is -1.42. The van der Waals surface area contributed by atoms with Crippen molar-refractivity contribution in [2.24, 2.45) is 5.41 Å². The van der Waals surface area contributed by atoms with Crippen LogP contribution in [0.1, 0.15) is 30.9 Å². The van der Waals surface area contributed by atoms with Gasteiger partial charge in [-0.05, 0) is 31.5 Å². The summed E-state index contributed by atoms with van der Waals surface area (Å²) in [4.78, 5) is 14.9. The van der Waals surface area contributed by atoms with E-state index in [-0.39, 0.29) is 5.78 Å². The van der Waals surface area contributed by atoms with Crippen molar-refractivity contribution in [3.05, 3.63) is 65.7 Å². The third kappa shape index (κ3) is 2.62. The minimum Gasteiger partial charge on any atom is -0.494 e. The van der Waals surface area contributed by atoms with Gasteiger partial charge in [-0.25, -0.2) is 0 Å². The number of Topliss-reactive ketones (excluding diaryl/α,β-unsaturated/α-hetero) is 1. The first-order chi connectivity index (χ1) is 14.1. The highest BCUT2D eigenvalue weighted by atomic mass is 16.5. The molecule has 0 aromatic heterocycles. The smallest absolute Gasteiger partial charge is 0.176 e. The molecular formula is C24H21N3O2. The molecule has 1 saturated heterocycles. The van der Waals surface area contributed by atoms with Gasteiger partial charge in [-0.3, -0.25) is 4.79 Å². The summed E-state index contributed by atoms with van der Waals surface area (Å²) in [5.74, 6) is -0.111. The normalized spacial score (nSPS) is 23.4. The molecule has 0 N–H and O–H groups in total. The lowest BCUT2D eigenvalue weighted by Gasteiger charge is -2.35. The van der Waals surface area contributed by atoms with Crippen molar-refractivity contribution in [1.29, 1.82) is 10.5 Å². The summed E-state index contributed by atoms with van der Waals surface area (Å²) in [5, 5.41) is 20.5. The molecule has 0 bridgehead atoms. The summed E-state index contributed by atoms with van der Waals surface area (Å²) in [5.41, 5.74) is 1.14. The van der Waals surface area contributed by atoms with Gasteiger partial charge in [-0.2, -0.15) is 10.5 Å². The molecule has 2 aliphatic heterocycles. The largest absolute Gasteiger partial charge is 0.494 e. The Kier molecular flexibility index (Phi) is 4.60. The number of para-hydroxylation sites is 2. The van der Waals surface area contributed by atoms with Crippen LogP contribution in [-0.4, -0.2) is 24.5 Å². The summed E-state index contributed by atoms with van der Waals surface area (Å²) < 4.78 is 5.82. The second kappa shape index (κ2) is 7.11. The number of hydrogen-bond acceptors (Lipinski definition) is 5. The maximum atomic E-state index is 13.0. The summed E-state index contributed by atoms with van der Waals surface area (Å²) in [7, 11) is 0. The first-order valence-corrected chi connectivity index (χ1v) is 9.69. The Morgan fingerprint density at radius 3 is 2.52 bits per heavy atom. The van der Waals surface area contributed by atoms with Crippen molar-refractivity contribution in [3.8, 4) is 17.9 Å². The number of benzene rings is 2. The lowest BCUT2D eigenvalue weighted by atomic mass is 9.69. The molecule has 0 saturated carbocycles. The third-order valence-electron chi connectivity index (χ3n) is 5.89. The molecule has 144 valence electrons. The predicted octanol–water partition coefficient (Wildman–Crippen LogP) is 4.08. The van der Waals surface area contributed by atoms with Crippen LogP contribution in [0.15, 0.2) is 54.6 Å². The minimum absolute atomic E-state index is 0.0798. The van der Waals surface area contributed by atoms with Gasteiger partial charge in [-0.1, -0.05) is 48.6 Å². The van der Waals surface area contributed by atoms with E-state index in [9.17, 15) is 15.3 Å². The van der Waals surface area contributed by atoms with E-state index in [2.05, 4.69) is 12.1 Å². The molecule has 0 radical (unpaired) electrons. The highest BCUT2D eigenvalue weighted by Gasteiger charge is 2.63. The molecule has 2 aliphatic rings. The Labute approximate surface area is 170 Å². The van der Waals surface area contributed by atoms with E-state index in [1.165, 1.54) is 6.92 Å². The number of nitrogens with zero attached hydrogens (tertiary/aromatic N) is 3. The number of rotatable bonds is 4. The Hall–Kier alpha value is -3.57. The molecule has 4 rings (SSSR count). The number of ether oxygens (including phenoxy) is 1. The molecule has 5 heteroatoms. The van der Waals surface area contributed by atoms with Crippen LogP contribution in [0.3, 0.4) is 0 Å². The van der Waals surface area contributed by atoms with Crippen molar-refractivity contribution in [3.63, 3.8) is 0 Å². The SMILES string of the molecule is CCOc1ccccc1[C@H]1[C@@H](C(C)=O)N2c3ccccc3C=C[C@H]2C1(C#N)C#N. The number of fused-ring (bicyclic) bond motifs is 3. The number of ketones is 1. The fourth-order valence-electron chi connectivity index (χ4n) is 4.76. The van der Waals surface area contributed by atoms with Gasteiger partial charge in [0.2, 0.25) is 0 Å². The first-order valence-electron chi connectivity index (χ1n) is 9.69. The fourth-order valence-corrected chi connectivity index (χ4v) is 4.76. The standard InChI is InChI=1S/C24H21N3O2/c1-3-29-20-11-7-5-9-18(20)22-23(16(2)28)27-19-10-6-4-8-17(19)12-13-21(27)24(22,14-25)15-26/h4-13,21-23H,3H2,1-2H3/t21-,22-,23+/m0/s1. The zero-order valence-electron chi connectivity index (χ0n) is 16.4. The summed E-state index contributed by atoms with van der Waals surface area (Å²) in [6.07, 6.45) is 3.82. The maximum Gasteiger partial charge on any atom is 0.176 e. The number of nitriles is 2. The number of anilines is 1. The van der Waals surface area contributed by atoms with Crippen molar-refractivity contribution < 1.29 is 9.53 Å². The molecule has 0 aliphatic carbocycles. The van der Waals surface area contributed by atoms with E-state index >= 15 is 0 Å². The molecular weight excluding hydrogens is 362 g/mol. The van der Waals surface area contributed by atoms with Crippen LogP contribution < -0.4 is 9.64 Å². The van der Waals surface area contributed by atoms with Crippen molar-refractivity contribution in [2.75, 3.05) is 11.5 Å². The molecule has 2 aromatic rings. The van der Waals surface area contributed by atoms with Crippen molar-refractivity contribution in [2.45, 2.75) is 31.8 Å². The van der Waals surface area contributed by atoms with E-state index < -0.39 is 23.4 Å². The van der Waals surface area contributed by atoms with Gasteiger partial charge in [-0.15, -0.1) is 0 Å². The third-order valence-corrected chi connectivity index (χ3v) is 5.89. The van der Waals surface area contributed by atoms with E-state index in [0.29, 0.717) is 12.4 Å². The van der Waals surface area contributed by atoms with Gasteiger partial charge >= 0.3 is 0 Å². The summed E-state index contributed by atoms with van der Waals surface area (Å²) in [6.45, 7) is 3.87. The first kappa shape index (κ1) is 18.8. The van der Waals surface area contributed by atoms with Gasteiger partial charge in [0.15, 0.2) is 11.2 Å². The van der Waals surface area contributed by atoms with E-state index in [0.717, 1.165) is 16.8 Å². The van der Waals surface area contributed by atoms with E-state index in [1.807, 2.05) is 72.5 Å². The molecule has 2 heterocycles. The molecule has 5 nitrogen and oxygen atoms in total. The average Bonchev–Trinajstić information content (AvgIpc) is 3.05. The van der Waals surface area contributed by atoms with Gasteiger partial charge < -0.3 is 9.64 Å².